The van der Waals surface area contributed by atoms with E-state index in [4.69, 9.17) is 0 Å². The van der Waals surface area contributed by atoms with Crippen LogP contribution in [0.1, 0.15) is 35.7 Å². The molecule has 11 heteroatoms. The first kappa shape index (κ1) is 27.6. The summed E-state index contributed by atoms with van der Waals surface area (Å²) in [5.41, 5.74) is -3.04. The molecule has 2 heterocycles. The summed E-state index contributed by atoms with van der Waals surface area (Å²) in [7, 11) is 0.604. The van der Waals surface area contributed by atoms with Crippen LogP contribution in [0.3, 0.4) is 0 Å². The summed E-state index contributed by atoms with van der Waals surface area (Å²) < 4.78 is 75.3. The van der Waals surface area contributed by atoms with Crippen molar-refractivity contribution in [2.45, 2.75) is 37.5 Å². The fourth-order valence-electron chi connectivity index (χ4n) is 5.08. The van der Waals surface area contributed by atoms with Gasteiger partial charge in [-0.15, -0.1) is 0 Å². The number of halogens is 5. The van der Waals surface area contributed by atoms with Gasteiger partial charge in [0.1, 0.15) is 5.82 Å². The molecule has 3 unspecified atom stereocenters. The van der Waals surface area contributed by atoms with E-state index < -0.39 is 35.6 Å². The molecule has 3 atom stereocenters. The second-order valence-corrected chi connectivity index (χ2v) is 9.25. The summed E-state index contributed by atoms with van der Waals surface area (Å²) in [6.07, 6.45) is 2.26. The van der Waals surface area contributed by atoms with Gasteiger partial charge in [0.2, 0.25) is 0 Å². The normalized spacial score (nSPS) is 20.7. The molecule has 0 bridgehead atoms. The molecule has 3 N–H and O–H groups in total. The van der Waals surface area contributed by atoms with Crippen molar-refractivity contribution < 1.29 is 31.5 Å². The number of ether oxygens (including phenoxy) is 1. The van der Waals surface area contributed by atoms with Crippen molar-refractivity contribution in [3.8, 4) is 0 Å². The summed E-state index contributed by atoms with van der Waals surface area (Å²) >= 11 is 0. The summed E-state index contributed by atoms with van der Waals surface area (Å²) in [5.74, 6) is -3.84. The number of benzene rings is 1. The summed E-state index contributed by atoms with van der Waals surface area (Å²) in [6.45, 7) is 2.42. The van der Waals surface area contributed by atoms with Crippen molar-refractivity contribution in [3.05, 3.63) is 77.6 Å². The number of nitrogens with one attached hydrogen (secondary N) is 3. The molecule has 2 aliphatic rings. The van der Waals surface area contributed by atoms with Crippen molar-refractivity contribution in [3.63, 3.8) is 0 Å². The number of hydrogen-bond donors (Lipinski definition) is 3. The van der Waals surface area contributed by atoms with Gasteiger partial charge < -0.3 is 20.7 Å². The molecule has 1 amide bonds. The standard InChI is InChI=1S/C27H29F5N4O2/c1-3-25(28,29)26(38-2,27(30,31)32)18-9-11-19(12-10-18)36-24(37)21-7-5-14-34-23(21)35-16-17-6-4-8-22-20(17)13-15-33-22/h4-12,14,17,20,33H,3,13,15-16H2,1-2H3,(H,34,35)(H,36,37). The minimum atomic E-state index is -5.39. The highest BCUT2D eigenvalue weighted by molar-refractivity contribution is 6.07. The minimum absolute atomic E-state index is 0.127. The molecule has 4 rings (SSSR count). The average Bonchev–Trinajstić information content (AvgIpc) is 3.38. The van der Waals surface area contributed by atoms with E-state index in [-0.39, 0.29) is 17.2 Å². The smallest absolute Gasteiger partial charge is 0.388 e. The Bertz CT molecular complexity index is 1210. The molecule has 38 heavy (non-hydrogen) atoms. The number of hydrogen-bond acceptors (Lipinski definition) is 5. The molecule has 0 saturated carbocycles. The number of fused-ring (bicyclic) bond motifs is 1. The van der Waals surface area contributed by atoms with E-state index >= 15 is 0 Å². The van der Waals surface area contributed by atoms with Gasteiger partial charge in [-0.1, -0.05) is 31.2 Å². The number of amides is 1. The van der Waals surface area contributed by atoms with Gasteiger partial charge in [0.05, 0.1) is 5.56 Å². The molecule has 1 aliphatic carbocycles. The molecular formula is C27H29F5N4O2. The number of carbonyl (C=O) groups is 1. The Labute approximate surface area is 217 Å². The summed E-state index contributed by atoms with van der Waals surface area (Å²) in [5, 5.41) is 9.21. The van der Waals surface area contributed by atoms with Gasteiger partial charge in [0.15, 0.2) is 0 Å². The monoisotopic (exact) mass is 536 g/mol. The van der Waals surface area contributed by atoms with Crippen molar-refractivity contribution >= 4 is 17.4 Å². The molecule has 2 aromatic rings. The van der Waals surface area contributed by atoms with Gasteiger partial charge >= 0.3 is 6.18 Å². The number of methoxy groups -OCH3 is 1. The molecule has 0 spiro atoms. The van der Waals surface area contributed by atoms with E-state index in [0.29, 0.717) is 25.4 Å². The van der Waals surface area contributed by atoms with Crippen LogP contribution >= 0.6 is 0 Å². The lowest BCUT2D eigenvalue weighted by Gasteiger charge is -2.40. The van der Waals surface area contributed by atoms with Crippen molar-refractivity contribution in [2.24, 2.45) is 11.8 Å². The molecular weight excluding hydrogens is 507 g/mol. The van der Waals surface area contributed by atoms with Crippen LogP contribution in [0.25, 0.3) is 0 Å². The number of aromatic nitrogens is 1. The average molecular weight is 537 g/mol. The number of anilines is 2. The largest absolute Gasteiger partial charge is 0.427 e. The lowest BCUT2D eigenvalue weighted by Crippen LogP contribution is -2.57. The molecule has 1 saturated heterocycles. The fraction of sp³-hybridized carbons (Fsp3) is 0.407. The highest BCUT2D eigenvalue weighted by Crippen LogP contribution is 2.53. The second kappa shape index (κ2) is 10.7. The predicted molar refractivity (Wildman–Crippen MR) is 134 cm³/mol. The molecule has 204 valence electrons. The molecule has 6 nitrogen and oxygen atoms in total. The van der Waals surface area contributed by atoms with Crippen molar-refractivity contribution in [2.75, 3.05) is 30.8 Å². The Balaban J connectivity index is 1.50. The first-order chi connectivity index (χ1) is 18.0. The molecule has 1 aromatic carbocycles. The number of alkyl halides is 5. The molecule has 0 radical (unpaired) electrons. The summed E-state index contributed by atoms with van der Waals surface area (Å²) in [6, 6.07) is 7.20. The lowest BCUT2D eigenvalue weighted by atomic mass is 9.84. The van der Waals surface area contributed by atoms with Crippen LogP contribution in [0.15, 0.2) is 66.5 Å². The predicted octanol–water partition coefficient (Wildman–Crippen LogP) is 5.87. The number of rotatable bonds is 9. The SMILES string of the molecule is CCC(F)(F)C(OC)(c1ccc(NC(=O)c2cccnc2NCC2C=CC=C3NCCC32)cc1)C(F)(F)F. The Morgan fingerprint density at radius 1 is 1.16 bits per heavy atom. The van der Waals surface area contributed by atoms with Crippen LogP contribution in [-0.2, 0) is 10.3 Å². The van der Waals surface area contributed by atoms with Crippen LogP contribution in [-0.4, -0.2) is 43.2 Å². The second-order valence-electron chi connectivity index (χ2n) is 9.25. The Morgan fingerprint density at radius 2 is 1.89 bits per heavy atom. The zero-order valence-corrected chi connectivity index (χ0v) is 20.9. The van der Waals surface area contributed by atoms with Gasteiger partial charge in [-0.25, -0.2) is 13.8 Å². The van der Waals surface area contributed by atoms with Crippen LogP contribution in [0.2, 0.25) is 0 Å². The molecule has 1 aliphatic heterocycles. The van der Waals surface area contributed by atoms with Gasteiger partial charge in [0.25, 0.3) is 17.4 Å². The molecule has 1 fully saturated rings. The van der Waals surface area contributed by atoms with E-state index in [9.17, 15) is 26.7 Å². The van der Waals surface area contributed by atoms with Crippen molar-refractivity contribution in [1.82, 2.24) is 10.3 Å². The van der Waals surface area contributed by atoms with Crippen LogP contribution in [0.5, 0.6) is 0 Å². The maximum atomic E-state index is 14.6. The van der Waals surface area contributed by atoms with Crippen LogP contribution in [0.4, 0.5) is 33.5 Å². The Kier molecular flexibility index (Phi) is 7.78. The molecule has 1 aromatic heterocycles. The first-order valence-electron chi connectivity index (χ1n) is 12.3. The zero-order chi connectivity index (χ0) is 27.6. The van der Waals surface area contributed by atoms with Crippen LogP contribution in [0, 0.1) is 11.8 Å². The highest BCUT2D eigenvalue weighted by atomic mass is 19.4. The minimum Gasteiger partial charge on any atom is -0.388 e. The third-order valence-corrected chi connectivity index (χ3v) is 7.11. The van der Waals surface area contributed by atoms with E-state index in [1.54, 1.807) is 18.3 Å². The Morgan fingerprint density at radius 3 is 2.55 bits per heavy atom. The maximum Gasteiger partial charge on any atom is 0.427 e. The summed E-state index contributed by atoms with van der Waals surface area (Å²) in [4.78, 5) is 17.3. The van der Waals surface area contributed by atoms with Crippen molar-refractivity contribution in [1.29, 1.82) is 0 Å². The quantitative estimate of drug-likeness (QED) is 0.350. The number of pyridine rings is 1. The number of nitrogens with zero attached hydrogens (tertiary/aromatic N) is 1. The van der Waals surface area contributed by atoms with Gasteiger partial charge in [0, 0.05) is 56.0 Å². The fourth-order valence-corrected chi connectivity index (χ4v) is 5.08. The van der Waals surface area contributed by atoms with E-state index in [0.717, 1.165) is 44.2 Å². The van der Waals surface area contributed by atoms with Gasteiger partial charge in [-0.2, -0.15) is 13.2 Å². The third-order valence-electron chi connectivity index (χ3n) is 7.11. The van der Waals surface area contributed by atoms with E-state index in [2.05, 4.69) is 37.8 Å². The maximum absolute atomic E-state index is 14.6. The topological polar surface area (TPSA) is 75.3 Å². The third kappa shape index (κ3) is 4.99. The van der Waals surface area contributed by atoms with E-state index in [1.165, 1.54) is 5.70 Å². The van der Waals surface area contributed by atoms with Crippen LogP contribution < -0.4 is 16.0 Å². The van der Waals surface area contributed by atoms with Gasteiger partial charge in [-0.3, -0.25) is 4.79 Å². The van der Waals surface area contributed by atoms with Gasteiger partial charge in [-0.05, 0) is 42.3 Å². The first-order valence-corrected chi connectivity index (χ1v) is 12.3. The Hall–Kier alpha value is -3.47. The van der Waals surface area contributed by atoms with E-state index in [1.807, 2.05) is 6.08 Å². The number of allylic oxidation sites excluding steroid dienone is 3. The zero-order valence-electron chi connectivity index (χ0n) is 20.9. The highest BCUT2D eigenvalue weighted by Gasteiger charge is 2.70. The lowest BCUT2D eigenvalue weighted by molar-refractivity contribution is -0.348. The number of carbonyl (C=O) groups excluding carboxylic acids is 1.